The highest BCUT2D eigenvalue weighted by Gasteiger charge is 2.29. The van der Waals surface area contributed by atoms with Gasteiger partial charge in [-0.15, -0.1) is 0 Å². The maximum atomic E-state index is 13.2. The van der Waals surface area contributed by atoms with Crippen LogP contribution in [0.1, 0.15) is 35.3 Å². The first kappa shape index (κ1) is 23.4. The number of imide groups is 1. The zero-order chi connectivity index (χ0) is 23.3. The summed E-state index contributed by atoms with van der Waals surface area (Å²) in [5.41, 5.74) is 2.06. The van der Waals surface area contributed by atoms with Crippen molar-refractivity contribution in [2.24, 2.45) is 0 Å². The van der Waals surface area contributed by atoms with Gasteiger partial charge in [0.25, 0.3) is 5.91 Å². The normalized spacial score (nSPS) is 14.7. The molecule has 2 N–H and O–H groups in total. The molecule has 0 fully saturated rings. The smallest absolute Gasteiger partial charge is 0.338 e. The molecule has 1 heterocycles. The Kier molecular flexibility index (Phi) is 7.26. The van der Waals surface area contributed by atoms with E-state index in [-0.39, 0.29) is 17.0 Å². The Morgan fingerprint density at radius 3 is 2.53 bits per heavy atom. The number of rotatable bonds is 6. The van der Waals surface area contributed by atoms with E-state index in [1.807, 2.05) is 24.3 Å². The second-order valence-electron chi connectivity index (χ2n) is 7.28. The van der Waals surface area contributed by atoms with E-state index in [0.29, 0.717) is 19.5 Å². The highest BCUT2D eigenvalue weighted by atomic mass is 32.2. The molecule has 0 radical (unpaired) electrons. The zero-order valence-electron chi connectivity index (χ0n) is 17.8. The van der Waals surface area contributed by atoms with Gasteiger partial charge in [-0.1, -0.05) is 30.3 Å². The fourth-order valence-electron chi connectivity index (χ4n) is 3.31. The predicted octanol–water partition coefficient (Wildman–Crippen LogP) is 1.82. The van der Waals surface area contributed by atoms with Crippen molar-refractivity contribution >= 4 is 27.9 Å². The Balaban J connectivity index is 1.71. The first-order valence-corrected chi connectivity index (χ1v) is 11.6. The second kappa shape index (κ2) is 9.92. The average molecular weight is 460 g/mol. The number of nitrogens with zero attached hydrogens (tertiary/aromatic N) is 1. The maximum absolute atomic E-state index is 13.2. The molecule has 2 aromatic carbocycles. The number of fused-ring (bicyclic) bond motifs is 1. The molecule has 0 bridgehead atoms. The molecule has 0 spiro atoms. The molecule has 3 rings (SSSR count). The third kappa shape index (κ3) is 5.32. The number of nitrogens with one attached hydrogen (secondary N) is 2. The van der Waals surface area contributed by atoms with Crippen LogP contribution in [0.2, 0.25) is 0 Å². The van der Waals surface area contributed by atoms with Crippen molar-refractivity contribution < 1.29 is 27.5 Å². The van der Waals surface area contributed by atoms with Crippen molar-refractivity contribution in [3.63, 3.8) is 0 Å². The molecular formula is C22H25N3O6S. The number of benzene rings is 2. The number of amides is 3. The quantitative estimate of drug-likeness (QED) is 0.636. The monoisotopic (exact) mass is 459 g/mol. The predicted molar refractivity (Wildman–Crippen MR) is 116 cm³/mol. The zero-order valence-corrected chi connectivity index (χ0v) is 18.6. The Morgan fingerprint density at radius 1 is 1.09 bits per heavy atom. The molecular weight excluding hydrogens is 434 g/mol. The maximum Gasteiger partial charge on any atom is 0.338 e. The molecule has 1 aliphatic rings. The Morgan fingerprint density at radius 2 is 1.81 bits per heavy atom. The first-order chi connectivity index (χ1) is 15.2. The van der Waals surface area contributed by atoms with Gasteiger partial charge >= 0.3 is 12.0 Å². The lowest BCUT2D eigenvalue weighted by Gasteiger charge is -2.28. The lowest BCUT2D eigenvalue weighted by molar-refractivity contribution is -0.127. The van der Waals surface area contributed by atoms with Crippen molar-refractivity contribution in [1.82, 2.24) is 14.9 Å². The van der Waals surface area contributed by atoms with Gasteiger partial charge in [0.2, 0.25) is 10.0 Å². The molecule has 10 heteroatoms. The third-order valence-electron chi connectivity index (χ3n) is 5.03. The van der Waals surface area contributed by atoms with Crippen LogP contribution < -0.4 is 10.6 Å². The highest BCUT2D eigenvalue weighted by molar-refractivity contribution is 7.89. The molecule has 3 amide bonds. The fraction of sp³-hybridized carbons (Fsp3) is 0.318. The standard InChI is InChI=1S/C22H25N3O6S/c1-3-23-22(28)24-20(26)15(2)31-21(27)17-9-6-10-19(13-17)32(29,30)25-12-11-16-7-4-5-8-18(16)14-25/h4-10,13,15H,3,11-12,14H2,1-2H3,(H2,23,24,26,28)/t15-/m0/s1. The fourth-order valence-corrected chi connectivity index (χ4v) is 4.77. The van der Waals surface area contributed by atoms with Gasteiger partial charge in [-0.05, 0) is 49.6 Å². The van der Waals surface area contributed by atoms with Crippen LogP contribution in [0.15, 0.2) is 53.4 Å². The largest absolute Gasteiger partial charge is 0.449 e. The topological polar surface area (TPSA) is 122 Å². The van der Waals surface area contributed by atoms with Gasteiger partial charge in [-0.2, -0.15) is 4.31 Å². The van der Waals surface area contributed by atoms with Gasteiger partial charge in [0.15, 0.2) is 6.10 Å². The molecule has 0 aromatic heterocycles. The van der Waals surface area contributed by atoms with Gasteiger partial charge in [0, 0.05) is 19.6 Å². The van der Waals surface area contributed by atoms with Crippen molar-refractivity contribution in [3.05, 3.63) is 65.2 Å². The van der Waals surface area contributed by atoms with E-state index in [4.69, 9.17) is 4.74 Å². The number of sulfonamides is 1. The van der Waals surface area contributed by atoms with Crippen LogP contribution in [0.25, 0.3) is 0 Å². The van der Waals surface area contributed by atoms with Crippen LogP contribution in [0.5, 0.6) is 0 Å². The van der Waals surface area contributed by atoms with Crippen molar-refractivity contribution in [3.8, 4) is 0 Å². The molecule has 1 atom stereocenters. The minimum atomic E-state index is -3.83. The van der Waals surface area contributed by atoms with E-state index in [9.17, 15) is 22.8 Å². The summed E-state index contributed by atoms with van der Waals surface area (Å²) in [6.07, 6.45) is -0.640. The molecule has 0 aliphatic carbocycles. The summed E-state index contributed by atoms with van der Waals surface area (Å²) < 4.78 is 32.8. The summed E-state index contributed by atoms with van der Waals surface area (Å²) in [5.74, 6) is -1.66. The van der Waals surface area contributed by atoms with Crippen LogP contribution in [-0.4, -0.2) is 49.8 Å². The molecule has 0 saturated carbocycles. The van der Waals surface area contributed by atoms with Crippen LogP contribution in [0.3, 0.4) is 0 Å². The summed E-state index contributed by atoms with van der Waals surface area (Å²) in [5, 5.41) is 4.45. The van der Waals surface area contributed by atoms with Gasteiger partial charge in [0.05, 0.1) is 10.5 Å². The summed E-state index contributed by atoms with van der Waals surface area (Å²) >= 11 is 0. The van der Waals surface area contributed by atoms with Crippen LogP contribution >= 0.6 is 0 Å². The first-order valence-electron chi connectivity index (χ1n) is 10.2. The molecule has 0 unspecified atom stereocenters. The average Bonchev–Trinajstić information content (AvgIpc) is 2.78. The molecule has 32 heavy (non-hydrogen) atoms. The van der Waals surface area contributed by atoms with E-state index >= 15 is 0 Å². The van der Waals surface area contributed by atoms with Crippen molar-refractivity contribution in [1.29, 1.82) is 0 Å². The van der Waals surface area contributed by atoms with Crippen LogP contribution in [0.4, 0.5) is 4.79 Å². The summed E-state index contributed by atoms with van der Waals surface area (Å²) in [7, 11) is -3.83. The van der Waals surface area contributed by atoms with Crippen LogP contribution in [0, 0.1) is 0 Å². The van der Waals surface area contributed by atoms with Gasteiger partial charge < -0.3 is 10.1 Å². The van der Waals surface area contributed by atoms with E-state index < -0.39 is 34.0 Å². The SMILES string of the molecule is CCNC(=O)NC(=O)[C@H](C)OC(=O)c1cccc(S(=O)(=O)N2CCc3ccccc3C2)c1. The highest BCUT2D eigenvalue weighted by Crippen LogP contribution is 2.25. The summed E-state index contributed by atoms with van der Waals surface area (Å²) in [6.45, 7) is 3.93. The number of hydrogen-bond acceptors (Lipinski definition) is 6. The Labute approximate surface area is 186 Å². The molecule has 0 saturated heterocycles. The number of ether oxygens (including phenoxy) is 1. The van der Waals surface area contributed by atoms with Gasteiger partial charge in [0.1, 0.15) is 0 Å². The number of esters is 1. The van der Waals surface area contributed by atoms with Crippen molar-refractivity contribution in [2.45, 2.75) is 37.8 Å². The van der Waals surface area contributed by atoms with Crippen LogP contribution in [-0.2, 0) is 32.5 Å². The second-order valence-corrected chi connectivity index (χ2v) is 9.22. The van der Waals surface area contributed by atoms with Gasteiger partial charge in [-0.3, -0.25) is 10.1 Å². The van der Waals surface area contributed by atoms with E-state index in [1.54, 1.807) is 6.92 Å². The number of carbonyl (C=O) groups is 3. The minimum absolute atomic E-state index is 0.0128. The van der Waals surface area contributed by atoms with Crippen molar-refractivity contribution in [2.75, 3.05) is 13.1 Å². The summed E-state index contributed by atoms with van der Waals surface area (Å²) in [6, 6.07) is 12.5. The van der Waals surface area contributed by atoms with E-state index in [1.165, 1.54) is 35.5 Å². The lowest BCUT2D eigenvalue weighted by Crippen LogP contribution is -2.44. The Hall–Kier alpha value is -3.24. The third-order valence-corrected chi connectivity index (χ3v) is 6.87. The van der Waals surface area contributed by atoms with Gasteiger partial charge in [-0.25, -0.2) is 18.0 Å². The number of hydrogen-bond donors (Lipinski definition) is 2. The minimum Gasteiger partial charge on any atom is -0.449 e. The molecule has 1 aliphatic heterocycles. The molecule has 9 nitrogen and oxygen atoms in total. The lowest BCUT2D eigenvalue weighted by atomic mass is 10.0. The molecule has 170 valence electrons. The Bertz CT molecular complexity index is 1130. The molecule has 2 aromatic rings. The number of urea groups is 1. The van der Waals surface area contributed by atoms with E-state index in [0.717, 1.165) is 11.1 Å². The van der Waals surface area contributed by atoms with E-state index in [2.05, 4.69) is 10.6 Å². The number of carbonyl (C=O) groups excluding carboxylic acids is 3. The summed E-state index contributed by atoms with van der Waals surface area (Å²) in [4.78, 5) is 35.9.